The van der Waals surface area contributed by atoms with Crippen molar-refractivity contribution in [3.63, 3.8) is 0 Å². The molecule has 0 radical (unpaired) electrons. The van der Waals surface area contributed by atoms with Crippen molar-refractivity contribution >= 4 is 27.5 Å². The summed E-state index contributed by atoms with van der Waals surface area (Å²) >= 11 is 0. The number of primary sulfonamides is 1. The lowest BCUT2D eigenvalue weighted by Gasteiger charge is -2.37. The minimum absolute atomic E-state index is 0.0664. The molecule has 1 aromatic heterocycles. The Balaban J connectivity index is 1.57. The van der Waals surface area contributed by atoms with Gasteiger partial charge >= 0.3 is 0 Å². The molecule has 0 saturated carbocycles. The quantitative estimate of drug-likeness (QED) is 0.744. The number of furan rings is 1. The highest BCUT2D eigenvalue weighted by atomic mass is 32.2. The number of piperazine rings is 1. The molecule has 0 spiro atoms. The van der Waals surface area contributed by atoms with Gasteiger partial charge in [0.15, 0.2) is 5.76 Å². The van der Waals surface area contributed by atoms with Crippen molar-refractivity contribution in [2.75, 3.05) is 31.5 Å². The van der Waals surface area contributed by atoms with Crippen molar-refractivity contribution < 1.29 is 22.4 Å². The Morgan fingerprint density at radius 1 is 1.14 bits per heavy atom. The molecule has 1 aliphatic rings. The molecule has 10 heteroatoms. The van der Waals surface area contributed by atoms with Gasteiger partial charge in [0.2, 0.25) is 15.9 Å². The van der Waals surface area contributed by atoms with Crippen molar-refractivity contribution in [2.45, 2.75) is 24.8 Å². The van der Waals surface area contributed by atoms with Crippen LogP contribution in [0.25, 0.3) is 0 Å². The van der Waals surface area contributed by atoms with Crippen LogP contribution < -0.4 is 10.5 Å². The molecule has 3 rings (SSSR count). The Morgan fingerprint density at radius 3 is 2.41 bits per heavy atom. The maximum absolute atomic E-state index is 12.6. The van der Waals surface area contributed by atoms with E-state index in [9.17, 15) is 18.0 Å². The van der Waals surface area contributed by atoms with Crippen LogP contribution in [-0.2, 0) is 14.8 Å². The molecule has 2 heterocycles. The van der Waals surface area contributed by atoms with Crippen LogP contribution in [0.1, 0.15) is 23.2 Å². The number of sulfonamides is 1. The van der Waals surface area contributed by atoms with Crippen molar-refractivity contribution in [2.24, 2.45) is 5.14 Å². The predicted molar refractivity (Wildman–Crippen MR) is 107 cm³/mol. The maximum Gasteiger partial charge on any atom is 0.289 e. The Labute approximate surface area is 169 Å². The van der Waals surface area contributed by atoms with E-state index in [0.717, 1.165) is 0 Å². The minimum atomic E-state index is -3.84. The molecule has 2 aromatic rings. The van der Waals surface area contributed by atoms with E-state index in [4.69, 9.17) is 9.56 Å². The van der Waals surface area contributed by atoms with Crippen LogP contribution in [0, 0.1) is 6.92 Å². The van der Waals surface area contributed by atoms with Crippen LogP contribution >= 0.6 is 0 Å². The molecule has 1 fully saturated rings. The largest absolute Gasteiger partial charge is 0.456 e. The van der Waals surface area contributed by atoms with E-state index in [1.807, 2.05) is 4.90 Å². The van der Waals surface area contributed by atoms with Crippen LogP contribution in [0.15, 0.2) is 45.7 Å². The van der Waals surface area contributed by atoms with Gasteiger partial charge in [-0.25, -0.2) is 13.6 Å². The Kier molecular flexibility index (Phi) is 6.06. The van der Waals surface area contributed by atoms with Gasteiger partial charge in [-0.15, -0.1) is 0 Å². The van der Waals surface area contributed by atoms with Gasteiger partial charge in [0, 0.05) is 31.9 Å². The summed E-state index contributed by atoms with van der Waals surface area (Å²) in [5.41, 5.74) is 0.357. The van der Waals surface area contributed by atoms with Gasteiger partial charge < -0.3 is 14.6 Å². The Bertz CT molecular complexity index is 1010. The lowest BCUT2D eigenvalue weighted by atomic mass is 10.2. The fourth-order valence-corrected chi connectivity index (χ4v) is 3.74. The lowest BCUT2D eigenvalue weighted by molar-refractivity contribution is -0.121. The molecule has 1 saturated heterocycles. The first kappa shape index (κ1) is 21.0. The predicted octanol–water partition coefficient (Wildman–Crippen LogP) is 1.02. The average molecular weight is 420 g/mol. The summed E-state index contributed by atoms with van der Waals surface area (Å²) in [7, 11) is -3.84. The Hall–Kier alpha value is -2.69. The van der Waals surface area contributed by atoms with E-state index in [0.29, 0.717) is 43.4 Å². The smallest absolute Gasteiger partial charge is 0.289 e. The Morgan fingerprint density at radius 2 is 1.83 bits per heavy atom. The first-order valence-electron chi connectivity index (χ1n) is 9.18. The van der Waals surface area contributed by atoms with E-state index in [1.165, 1.54) is 18.2 Å². The molecule has 1 aromatic carbocycles. The fraction of sp³-hybridized carbons (Fsp3) is 0.368. The molecule has 9 nitrogen and oxygen atoms in total. The number of nitrogens with zero attached hydrogens (tertiary/aromatic N) is 2. The number of carbonyl (C=O) groups excluding carboxylic acids is 2. The number of anilines is 1. The van der Waals surface area contributed by atoms with Gasteiger partial charge in [0.1, 0.15) is 5.76 Å². The van der Waals surface area contributed by atoms with Gasteiger partial charge in [0.25, 0.3) is 5.91 Å². The highest BCUT2D eigenvalue weighted by Crippen LogP contribution is 2.17. The molecular weight excluding hydrogens is 396 g/mol. The molecule has 1 unspecified atom stereocenters. The highest BCUT2D eigenvalue weighted by Gasteiger charge is 2.29. The highest BCUT2D eigenvalue weighted by molar-refractivity contribution is 7.89. The number of aryl methyl sites for hydroxylation is 1. The normalized spacial score (nSPS) is 16.4. The second-order valence-corrected chi connectivity index (χ2v) is 8.54. The van der Waals surface area contributed by atoms with Gasteiger partial charge in [0.05, 0.1) is 10.9 Å². The van der Waals surface area contributed by atoms with E-state index >= 15 is 0 Å². The molecule has 29 heavy (non-hydrogen) atoms. The number of nitrogens with two attached hydrogens (primary N) is 1. The van der Waals surface area contributed by atoms with E-state index < -0.39 is 16.1 Å². The monoisotopic (exact) mass is 420 g/mol. The molecule has 0 aliphatic carbocycles. The SMILES string of the molecule is Cc1ccc(C(=O)N2CCN(C(C)C(=O)Nc3cccc(S(N)(=O)=O)c3)CC2)o1. The van der Waals surface area contributed by atoms with Crippen LogP contribution in [0.4, 0.5) is 5.69 Å². The van der Waals surface area contributed by atoms with Crippen LogP contribution in [0.3, 0.4) is 0 Å². The summed E-state index contributed by atoms with van der Waals surface area (Å²) in [5.74, 6) is 0.577. The third kappa shape index (κ3) is 5.03. The van der Waals surface area contributed by atoms with E-state index in [-0.39, 0.29) is 16.7 Å². The summed E-state index contributed by atoms with van der Waals surface area (Å²) in [6, 6.07) is 8.77. The maximum atomic E-state index is 12.6. The summed E-state index contributed by atoms with van der Waals surface area (Å²) in [6.07, 6.45) is 0. The number of hydrogen-bond donors (Lipinski definition) is 2. The zero-order valence-electron chi connectivity index (χ0n) is 16.3. The van der Waals surface area contributed by atoms with E-state index in [2.05, 4.69) is 5.32 Å². The molecule has 1 atom stereocenters. The lowest BCUT2D eigenvalue weighted by Crippen LogP contribution is -2.54. The number of benzene rings is 1. The van der Waals surface area contributed by atoms with Gasteiger partial charge in [-0.05, 0) is 44.2 Å². The van der Waals surface area contributed by atoms with Crippen molar-refractivity contribution in [1.29, 1.82) is 0 Å². The summed E-state index contributed by atoms with van der Waals surface area (Å²) in [6.45, 7) is 5.60. The standard InChI is InChI=1S/C19H24N4O5S/c1-13-6-7-17(28-13)19(25)23-10-8-22(9-11-23)14(2)18(24)21-15-4-3-5-16(12-15)29(20,26)27/h3-7,12,14H,8-11H2,1-2H3,(H,21,24)(H2,20,26,27). The zero-order chi connectivity index (χ0) is 21.2. The third-order valence-electron chi connectivity index (χ3n) is 4.91. The average Bonchev–Trinajstić information content (AvgIpc) is 3.13. The fourth-order valence-electron chi connectivity index (χ4n) is 3.18. The molecular formula is C19H24N4O5S. The zero-order valence-corrected chi connectivity index (χ0v) is 17.1. The van der Waals surface area contributed by atoms with E-state index in [1.54, 1.807) is 36.9 Å². The summed E-state index contributed by atoms with van der Waals surface area (Å²) in [5, 5.41) is 7.84. The first-order chi connectivity index (χ1) is 13.6. The number of rotatable bonds is 5. The first-order valence-corrected chi connectivity index (χ1v) is 10.7. The van der Waals surface area contributed by atoms with Gasteiger partial charge in [-0.1, -0.05) is 6.07 Å². The molecule has 3 N–H and O–H groups in total. The molecule has 1 aliphatic heterocycles. The molecule has 0 bridgehead atoms. The van der Waals surface area contributed by atoms with Crippen molar-refractivity contribution in [1.82, 2.24) is 9.80 Å². The van der Waals surface area contributed by atoms with Crippen molar-refractivity contribution in [3.8, 4) is 0 Å². The van der Waals surface area contributed by atoms with Crippen LogP contribution in [-0.4, -0.2) is 62.3 Å². The second-order valence-electron chi connectivity index (χ2n) is 6.98. The topological polar surface area (TPSA) is 126 Å². The number of amides is 2. The van der Waals surface area contributed by atoms with Crippen LogP contribution in [0.2, 0.25) is 0 Å². The summed E-state index contributed by atoms with van der Waals surface area (Å²) < 4.78 is 28.3. The van der Waals surface area contributed by atoms with Gasteiger partial charge in [-0.3, -0.25) is 14.5 Å². The third-order valence-corrected chi connectivity index (χ3v) is 5.82. The van der Waals surface area contributed by atoms with Crippen molar-refractivity contribution in [3.05, 3.63) is 47.9 Å². The second kappa shape index (κ2) is 8.36. The number of hydrogen-bond acceptors (Lipinski definition) is 6. The number of nitrogens with one attached hydrogen (secondary N) is 1. The summed E-state index contributed by atoms with van der Waals surface area (Å²) in [4.78, 5) is 28.6. The van der Waals surface area contributed by atoms with Gasteiger partial charge in [-0.2, -0.15) is 0 Å². The molecule has 156 valence electrons. The molecule has 2 amide bonds. The van der Waals surface area contributed by atoms with Crippen LogP contribution in [0.5, 0.6) is 0 Å². The minimum Gasteiger partial charge on any atom is -0.456 e. The number of carbonyl (C=O) groups is 2.